The van der Waals surface area contributed by atoms with Gasteiger partial charge in [-0.2, -0.15) is 8.42 Å². The molecule has 0 bridgehead atoms. The zero-order chi connectivity index (χ0) is 8.48. The molecule has 12 heavy (non-hydrogen) atoms. The minimum absolute atomic E-state index is 0. The molecule has 3 nitrogen and oxygen atoms in total. The smallest absolute Gasteiger partial charge is 1.00 e. The molecule has 1 N–H and O–H groups in total. The Morgan fingerprint density at radius 1 is 1.25 bits per heavy atom. The normalized spacial score (nSPS) is 10.5. The fourth-order valence-electron chi connectivity index (χ4n) is 0.607. The van der Waals surface area contributed by atoms with Gasteiger partial charge in [0.2, 0.25) is 0 Å². The molecule has 0 spiro atoms. The predicted octanol–water partition coefficient (Wildman–Crippen LogP) is -1.81. The fourth-order valence-corrected chi connectivity index (χ4v) is 1.09. The van der Waals surface area contributed by atoms with Gasteiger partial charge in [-0.3, -0.25) is 4.55 Å². The molecule has 6 heteroatoms. The summed E-state index contributed by atoms with van der Waals surface area (Å²) < 4.78 is 41.4. The van der Waals surface area contributed by atoms with Crippen molar-refractivity contribution in [3.63, 3.8) is 0 Å². The average Bonchev–Trinajstić information content (AvgIpc) is 1.86. The molecular weight excluding hydrogens is 178 g/mol. The molecule has 0 radical (unpaired) electrons. The molecule has 0 saturated carbocycles. The van der Waals surface area contributed by atoms with Crippen LogP contribution in [0.1, 0.15) is 1.43 Å². The molecule has 0 atom stereocenters. The maximum atomic E-state index is 12.2. The van der Waals surface area contributed by atoms with Crippen LogP contribution in [0, 0.1) is 5.82 Å². The molecule has 0 amide bonds. The van der Waals surface area contributed by atoms with Gasteiger partial charge in [0.05, 0.1) is 4.90 Å². The summed E-state index contributed by atoms with van der Waals surface area (Å²) in [5, 5.41) is 0. The first-order valence-corrected chi connectivity index (χ1v) is 4.17. The van der Waals surface area contributed by atoms with Crippen molar-refractivity contribution in [1.29, 1.82) is 0 Å². The first kappa shape index (κ1) is 11.7. The first-order valence-electron chi connectivity index (χ1n) is 2.73. The molecule has 1 aromatic carbocycles. The van der Waals surface area contributed by atoms with Gasteiger partial charge in [-0.15, -0.1) is 0 Å². The summed E-state index contributed by atoms with van der Waals surface area (Å²) >= 11 is 0. The Bertz CT molecular complexity index is 351. The maximum Gasteiger partial charge on any atom is 1.00 e. The van der Waals surface area contributed by atoms with Gasteiger partial charge in [-0.1, -0.05) is 0 Å². The Labute approximate surface area is 83.0 Å². The Hall–Kier alpha value is -0.343. The summed E-state index contributed by atoms with van der Waals surface area (Å²) in [5.74, 6) is -0.544. The number of hydrogen-bond donors (Lipinski definition) is 1. The Morgan fingerprint density at radius 3 is 2.00 bits per heavy atom. The van der Waals surface area contributed by atoms with Gasteiger partial charge in [0, 0.05) is 0 Å². The molecule has 0 aromatic heterocycles. The Kier molecular flexibility index (Phi) is 3.94. The summed E-state index contributed by atoms with van der Waals surface area (Å²) in [6.07, 6.45) is 0. The SMILES string of the molecule is O=S(=O)(O)c1ccc(F)cc1.[H-].[Li+]. The molecule has 1 aromatic rings. The molecule has 0 heterocycles. The maximum absolute atomic E-state index is 12.2. The van der Waals surface area contributed by atoms with Crippen molar-refractivity contribution in [2.24, 2.45) is 0 Å². The average molecular weight is 184 g/mol. The standard InChI is InChI=1S/C6H5FO3S.Li.H/c7-5-1-3-6(4-2-5)11(8,9)10;;/h1-4H,(H,8,9,10);;/q;+1;-1. The molecule has 1 rings (SSSR count). The van der Waals surface area contributed by atoms with Crippen LogP contribution in [0.3, 0.4) is 0 Å². The van der Waals surface area contributed by atoms with Gasteiger partial charge < -0.3 is 1.43 Å². The molecule has 0 fully saturated rings. The van der Waals surface area contributed by atoms with Crippen LogP contribution in [-0.4, -0.2) is 13.0 Å². The van der Waals surface area contributed by atoms with E-state index in [2.05, 4.69) is 0 Å². The second-order valence-electron chi connectivity index (χ2n) is 1.93. The van der Waals surface area contributed by atoms with E-state index in [0.717, 1.165) is 24.3 Å². The van der Waals surface area contributed by atoms with E-state index in [1.807, 2.05) is 0 Å². The first-order chi connectivity index (χ1) is 5.00. The molecule has 0 aliphatic rings. The van der Waals surface area contributed by atoms with E-state index in [4.69, 9.17) is 4.55 Å². The Morgan fingerprint density at radius 2 is 1.67 bits per heavy atom. The van der Waals surface area contributed by atoms with Crippen LogP contribution in [-0.2, 0) is 10.1 Å². The zero-order valence-electron chi connectivity index (χ0n) is 7.36. The summed E-state index contributed by atoms with van der Waals surface area (Å²) in [6, 6.07) is 3.90. The third-order valence-electron chi connectivity index (χ3n) is 1.11. The van der Waals surface area contributed by atoms with Crippen molar-refractivity contribution in [3.8, 4) is 0 Å². The second kappa shape index (κ2) is 4.05. The molecule has 62 valence electrons. The fraction of sp³-hybridized carbons (Fsp3) is 0. The summed E-state index contributed by atoms with van der Waals surface area (Å²) in [6.45, 7) is 0. The van der Waals surface area contributed by atoms with Crippen LogP contribution in [0.4, 0.5) is 4.39 Å². The molecule has 0 aliphatic carbocycles. The number of hydrogen-bond acceptors (Lipinski definition) is 2. The van der Waals surface area contributed by atoms with E-state index >= 15 is 0 Å². The Balaban J connectivity index is 0. The van der Waals surface area contributed by atoms with Crippen LogP contribution in [0.25, 0.3) is 0 Å². The monoisotopic (exact) mass is 184 g/mol. The molecular formula is C6H6FLiO3S. The quantitative estimate of drug-likeness (QED) is 0.413. The minimum Gasteiger partial charge on any atom is -1.00 e. The number of rotatable bonds is 1. The van der Waals surface area contributed by atoms with E-state index in [1.165, 1.54) is 0 Å². The van der Waals surface area contributed by atoms with Crippen LogP contribution in [0.5, 0.6) is 0 Å². The van der Waals surface area contributed by atoms with Crippen molar-refractivity contribution >= 4 is 10.1 Å². The van der Waals surface area contributed by atoms with Gasteiger partial charge in [0.15, 0.2) is 0 Å². The van der Waals surface area contributed by atoms with E-state index in [1.54, 1.807) is 0 Å². The van der Waals surface area contributed by atoms with Gasteiger partial charge in [-0.05, 0) is 24.3 Å². The van der Waals surface area contributed by atoms with E-state index < -0.39 is 15.9 Å². The second-order valence-corrected chi connectivity index (χ2v) is 3.35. The van der Waals surface area contributed by atoms with Crippen molar-refractivity contribution in [2.45, 2.75) is 4.90 Å². The van der Waals surface area contributed by atoms with Crippen molar-refractivity contribution in [3.05, 3.63) is 30.1 Å². The van der Waals surface area contributed by atoms with Gasteiger partial charge in [0.25, 0.3) is 10.1 Å². The van der Waals surface area contributed by atoms with Gasteiger partial charge in [0.1, 0.15) is 5.82 Å². The summed E-state index contributed by atoms with van der Waals surface area (Å²) in [5.41, 5.74) is 0. The van der Waals surface area contributed by atoms with E-state index in [0.29, 0.717) is 0 Å². The summed E-state index contributed by atoms with van der Waals surface area (Å²) in [4.78, 5) is -0.307. The van der Waals surface area contributed by atoms with Crippen LogP contribution < -0.4 is 18.9 Å². The predicted molar refractivity (Wildman–Crippen MR) is 37.3 cm³/mol. The summed E-state index contributed by atoms with van der Waals surface area (Å²) in [7, 11) is -4.19. The third kappa shape index (κ3) is 2.95. The van der Waals surface area contributed by atoms with Gasteiger partial charge >= 0.3 is 18.9 Å². The molecule has 0 saturated heterocycles. The van der Waals surface area contributed by atoms with Crippen LogP contribution in [0.15, 0.2) is 29.2 Å². The number of benzene rings is 1. The van der Waals surface area contributed by atoms with Crippen molar-refractivity contribution in [1.82, 2.24) is 0 Å². The van der Waals surface area contributed by atoms with Gasteiger partial charge in [-0.25, -0.2) is 4.39 Å². The van der Waals surface area contributed by atoms with Crippen LogP contribution in [0.2, 0.25) is 0 Å². The third-order valence-corrected chi connectivity index (χ3v) is 1.98. The molecule has 0 aliphatic heterocycles. The minimum atomic E-state index is -4.19. The molecule has 0 unspecified atom stereocenters. The topological polar surface area (TPSA) is 54.4 Å². The van der Waals surface area contributed by atoms with E-state index in [-0.39, 0.29) is 25.2 Å². The number of halogens is 1. The zero-order valence-corrected chi connectivity index (χ0v) is 7.18. The van der Waals surface area contributed by atoms with Crippen molar-refractivity contribution in [2.75, 3.05) is 0 Å². The van der Waals surface area contributed by atoms with Crippen LogP contribution >= 0.6 is 0 Å². The van der Waals surface area contributed by atoms with Crippen molar-refractivity contribution < 1.29 is 37.6 Å². The largest absolute Gasteiger partial charge is 1.00 e. The van der Waals surface area contributed by atoms with E-state index in [9.17, 15) is 12.8 Å².